The molecule has 1 rings (SSSR count). The van der Waals surface area contributed by atoms with Gasteiger partial charge in [-0.1, -0.05) is 41.9 Å². The molecular formula is C16H26BrNO. The van der Waals surface area contributed by atoms with Crippen LogP contribution in [0.3, 0.4) is 0 Å². The molecule has 1 aromatic rings. The van der Waals surface area contributed by atoms with Crippen molar-refractivity contribution in [2.24, 2.45) is 5.92 Å². The van der Waals surface area contributed by atoms with Gasteiger partial charge in [-0.25, -0.2) is 0 Å². The Kier molecular flexibility index (Phi) is 7.66. The number of hydrogen-bond acceptors (Lipinski definition) is 2. The Morgan fingerprint density at radius 2 is 2.11 bits per heavy atom. The van der Waals surface area contributed by atoms with Crippen LogP contribution >= 0.6 is 15.9 Å². The van der Waals surface area contributed by atoms with E-state index in [9.17, 15) is 0 Å². The van der Waals surface area contributed by atoms with Gasteiger partial charge in [0.15, 0.2) is 0 Å². The van der Waals surface area contributed by atoms with E-state index in [-0.39, 0.29) is 0 Å². The van der Waals surface area contributed by atoms with Crippen LogP contribution in [0.5, 0.6) is 0 Å². The van der Waals surface area contributed by atoms with Crippen LogP contribution in [0.4, 0.5) is 0 Å². The Labute approximate surface area is 126 Å². The van der Waals surface area contributed by atoms with E-state index in [1.165, 1.54) is 15.6 Å². The Balaban J connectivity index is 2.84. The smallest absolute Gasteiger partial charge is 0.0465 e. The fourth-order valence-electron chi connectivity index (χ4n) is 2.22. The van der Waals surface area contributed by atoms with Gasteiger partial charge in [-0.2, -0.15) is 0 Å². The summed E-state index contributed by atoms with van der Waals surface area (Å²) < 4.78 is 6.40. The van der Waals surface area contributed by atoms with E-state index in [0.717, 1.165) is 26.0 Å². The molecule has 2 nitrogen and oxygen atoms in total. The third kappa shape index (κ3) is 5.25. The van der Waals surface area contributed by atoms with Crippen molar-refractivity contribution in [2.45, 2.75) is 39.7 Å². The van der Waals surface area contributed by atoms with Crippen molar-refractivity contribution in [3.8, 4) is 0 Å². The van der Waals surface area contributed by atoms with Crippen molar-refractivity contribution in [1.82, 2.24) is 5.32 Å². The summed E-state index contributed by atoms with van der Waals surface area (Å²) in [6, 6.07) is 7.05. The van der Waals surface area contributed by atoms with Crippen LogP contribution in [-0.4, -0.2) is 20.3 Å². The lowest BCUT2D eigenvalue weighted by atomic mass is 9.91. The van der Waals surface area contributed by atoms with Crippen molar-refractivity contribution in [3.05, 3.63) is 33.8 Å². The summed E-state index contributed by atoms with van der Waals surface area (Å²) in [5.74, 6) is 0.557. The van der Waals surface area contributed by atoms with Crippen molar-refractivity contribution >= 4 is 15.9 Å². The molecule has 0 aliphatic heterocycles. The summed E-state index contributed by atoms with van der Waals surface area (Å²) in [5.41, 5.74) is 2.64. The van der Waals surface area contributed by atoms with Gasteiger partial charge in [0.05, 0.1) is 0 Å². The predicted octanol–water partition coefficient (Wildman–Crippen LogP) is 4.47. The molecule has 3 heteroatoms. The third-order valence-electron chi connectivity index (χ3n) is 3.52. The first-order chi connectivity index (χ1) is 9.10. The van der Waals surface area contributed by atoms with Gasteiger partial charge in [0, 0.05) is 24.2 Å². The molecule has 0 radical (unpaired) electrons. The van der Waals surface area contributed by atoms with Gasteiger partial charge in [-0.05, 0) is 49.4 Å². The number of aryl methyl sites for hydroxylation is 1. The van der Waals surface area contributed by atoms with Gasteiger partial charge < -0.3 is 10.1 Å². The lowest BCUT2D eigenvalue weighted by Gasteiger charge is -2.26. The molecule has 0 spiro atoms. The molecule has 1 N–H and O–H groups in total. The molecule has 0 fully saturated rings. The first kappa shape index (κ1) is 16.7. The molecular weight excluding hydrogens is 302 g/mol. The number of ether oxygens (including phenoxy) is 1. The lowest BCUT2D eigenvalue weighted by Crippen LogP contribution is -2.28. The molecule has 2 atom stereocenters. The summed E-state index contributed by atoms with van der Waals surface area (Å²) in [6.07, 6.45) is 2.23. The molecule has 0 bridgehead atoms. The molecule has 1 aromatic carbocycles. The van der Waals surface area contributed by atoms with E-state index >= 15 is 0 Å². The highest BCUT2D eigenvalue weighted by atomic mass is 79.9. The summed E-state index contributed by atoms with van der Waals surface area (Å²) in [6.45, 7) is 8.48. The fourth-order valence-corrected chi connectivity index (χ4v) is 2.62. The zero-order valence-corrected chi connectivity index (χ0v) is 14.1. The fraction of sp³-hybridized carbons (Fsp3) is 0.625. The lowest BCUT2D eigenvalue weighted by molar-refractivity contribution is 0.170. The normalized spacial score (nSPS) is 14.4. The van der Waals surface area contributed by atoms with Gasteiger partial charge in [0.25, 0.3) is 0 Å². The molecule has 0 aliphatic rings. The number of rotatable bonds is 8. The second kappa shape index (κ2) is 8.72. The van der Waals surface area contributed by atoms with Crippen molar-refractivity contribution < 1.29 is 4.74 Å². The van der Waals surface area contributed by atoms with E-state index in [0.29, 0.717) is 12.0 Å². The minimum Gasteiger partial charge on any atom is -0.385 e. The van der Waals surface area contributed by atoms with Crippen molar-refractivity contribution in [3.63, 3.8) is 0 Å². The number of hydrogen-bond donors (Lipinski definition) is 1. The highest BCUT2D eigenvalue weighted by Gasteiger charge is 2.18. The molecule has 0 aromatic heterocycles. The SMILES string of the molecule is CCCNC(c1ccc(C)c(Br)c1)C(C)CCOC. The standard InChI is InChI=1S/C16H26BrNO/c1-5-9-18-16(13(3)8-10-19-4)14-7-6-12(2)15(17)11-14/h6-7,11,13,16,18H,5,8-10H2,1-4H3. The van der Waals surface area contributed by atoms with E-state index in [1.54, 1.807) is 7.11 Å². The van der Waals surface area contributed by atoms with E-state index < -0.39 is 0 Å². The van der Waals surface area contributed by atoms with Gasteiger partial charge in [0.2, 0.25) is 0 Å². The molecule has 0 saturated carbocycles. The van der Waals surface area contributed by atoms with Gasteiger partial charge >= 0.3 is 0 Å². The number of methoxy groups -OCH3 is 1. The van der Waals surface area contributed by atoms with E-state index in [2.05, 4.69) is 60.2 Å². The summed E-state index contributed by atoms with van der Waals surface area (Å²) in [4.78, 5) is 0. The Morgan fingerprint density at radius 1 is 1.37 bits per heavy atom. The number of benzene rings is 1. The van der Waals surface area contributed by atoms with Crippen LogP contribution in [0.2, 0.25) is 0 Å². The Morgan fingerprint density at radius 3 is 2.68 bits per heavy atom. The van der Waals surface area contributed by atoms with Crippen molar-refractivity contribution in [2.75, 3.05) is 20.3 Å². The molecule has 0 amide bonds. The summed E-state index contributed by atoms with van der Waals surface area (Å²) >= 11 is 3.63. The van der Waals surface area contributed by atoms with Crippen LogP contribution in [0.15, 0.2) is 22.7 Å². The van der Waals surface area contributed by atoms with Gasteiger partial charge in [0.1, 0.15) is 0 Å². The first-order valence-electron chi connectivity index (χ1n) is 7.08. The summed E-state index contributed by atoms with van der Waals surface area (Å²) in [7, 11) is 1.77. The quantitative estimate of drug-likeness (QED) is 0.760. The van der Waals surface area contributed by atoms with Crippen LogP contribution in [0.25, 0.3) is 0 Å². The predicted molar refractivity (Wildman–Crippen MR) is 85.6 cm³/mol. The zero-order chi connectivity index (χ0) is 14.3. The van der Waals surface area contributed by atoms with Gasteiger partial charge in [-0.3, -0.25) is 0 Å². The second-order valence-corrected chi connectivity index (χ2v) is 6.05. The van der Waals surface area contributed by atoms with E-state index in [4.69, 9.17) is 4.74 Å². The minimum absolute atomic E-state index is 0.395. The van der Waals surface area contributed by atoms with Crippen LogP contribution in [0, 0.1) is 12.8 Å². The van der Waals surface area contributed by atoms with Crippen molar-refractivity contribution in [1.29, 1.82) is 0 Å². The third-order valence-corrected chi connectivity index (χ3v) is 4.37. The maximum Gasteiger partial charge on any atom is 0.0465 e. The molecule has 0 heterocycles. The average Bonchev–Trinajstić information content (AvgIpc) is 2.40. The number of halogens is 1. The maximum atomic E-state index is 5.21. The van der Waals surface area contributed by atoms with E-state index in [1.807, 2.05) is 0 Å². The molecule has 108 valence electrons. The van der Waals surface area contributed by atoms with Crippen LogP contribution < -0.4 is 5.32 Å². The monoisotopic (exact) mass is 327 g/mol. The summed E-state index contributed by atoms with van der Waals surface area (Å²) in [5, 5.41) is 3.66. The zero-order valence-electron chi connectivity index (χ0n) is 12.5. The second-order valence-electron chi connectivity index (χ2n) is 5.20. The molecule has 0 aliphatic carbocycles. The molecule has 0 saturated heterocycles. The van der Waals surface area contributed by atoms with Crippen LogP contribution in [0.1, 0.15) is 43.9 Å². The maximum absolute atomic E-state index is 5.21. The highest BCUT2D eigenvalue weighted by molar-refractivity contribution is 9.10. The molecule has 2 unspecified atom stereocenters. The average molecular weight is 328 g/mol. The van der Waals surface area contributed by atoms with Gasteiger partial charge in [-0.15, -0.1) is 0 Å². The number of nitrogens with one attached hydrogen (secondary N) is 1. The highest BCUT2D eigenvalue weighted by Crippen LogP contribution is 2.28. The largest absolute Gasteiger partial charge is 0.385 e. The first-order valence-corrected chi connectivity index (χ1v) is 7.87. The molecule has 19 heavy (non-hydrogen) atoms. The topological polar surface area (TPSA) is 21.3 Å². The Hall–Kier alpha value is -0.380. The van der Waals surface area contributed by atoms with Crippen LogP contribution in [-0.2, 0) is 4.74 Å². The Bertz CT molecular complexity index is 381. The minimum atomic E-state index is 0.395.